The number of pyridine rings is 2. The van der Waals surface area contributed by atoms with Gasteiger partial charge >= 0.3 is 11.9 Å². The first-order chi connectivity index (χ1) is 50.0. The van der Waals surface area contributed by atoms with E-state index in [9.17, 15) is 55.2 Å². The summed E-state index contributed by atoms with van der Waals surface area (Å²) in [5, 5.41) is 1.97. The Morgan fingerprint density at radius 3 is 1.25 bits per heavy atom. The Hall–Kier alpha value is -8.00. The Balaban J connectivity index is 0.000000212. The SMILES string of the molecule is COc1cc2ccccc2c(O[C@@H]2C[C@H]3C(=O)C[C@]4(C(=O)NS(=O)(=O)C5CC5)C[C@H]4/C=C\CC[C@@H](C)C[C@@H](C)[C@H](CC(=O)OC(C)(C)C)C(=O)N3C2)n1.COc1cc2ccccc2c(O[C@@H]2C[C@H]3C(=O)C[C@]4(C(=O)NS(=O)(=O)C5CC5)C[C@H]4/C=C\CC[C@H](C)C[C@@H](C)[C@H](CC(=O)OC(C)(C)C)C(=O)N3C2)n1. The number of nitrogens with zero attached hydrogens (tertiary/aromatic N) is 4. The third-order valence-corrected chi connectivity index (χ3v) is 25.9. The van der Waals surface area contributed by atoms with Crippen LogP contribution in [0.3, 0.4) is 0 Å². The lowest BCUT2D eigenvalue weighted by Crippen LogP contribution is -2.47. The van der Waals surface area contributed by atoms with Gasteiger partial charge in [0.2, 0.25) is 67.2 Å². The predicted octanol–water partition coefficient (Wildman–Crippen LogP) is 11.1. The van der Waals surface area contributed by atoms with Gasteiger partial charge in [-0.25, -0.2) is 16.8 Å². The van der Waals surface area contributed by atoms with E-state index >= 15 is 0 Å². The van der Waals surface area contributed by atoms with Crippen molar-refractivity contribution < 1.29 is 83.6 Å². The van der Waals surface area contributed by atoms with Crippen molar-refractivity contribution in [3.05, 3.63) is 85.0 Å². The Bertz CT molecular complexity index is 4040. The van der Waals surface area contributed by atoms with Gasteiger partial charge in [-0.2, -0.15) is 9.97 Å². The third-order valence-electron chi connectivity index (χ3n) is 22.3. The zero-order valence-electron chi connectivity index (χ0n) is 63.3. The summed E-state index contributed by atoms with van der Waals surface area (Å²) < 4.78 is 91.4. The lowest BCUT2D eigenvalue weighted by molar-refractivity contribution is -0.160. The standard InChI is InChI=1S/2C40H53N3O9S/c2*1-24-11-7-9-13-27-21-40(27,38(47)42-53(48,49)29-15-16-29)22-33(44)32-19-28(51-36-30-14-10-8-12-26(30)18-34(41-36)50-6)23-43(32)37(46)31(25(2)17-24)20-35(45)52-39(3,4)5/h2*8-10,12-14,18,24-25,27-29,31-32H,7,11,15-17,19-23H2,1-6H3,(H,42,47)/b2*13-9-/t24-,25+,27+,28+,31-,32-,40+;24-,25-,27-,28-,31+,32+,40-/m01/s1. The maximum absolute atomic E-state index is 14.8. The highest BCUT2D eigenvalue weighted by atomic mass is 32.2. The van der Waals surface area contributed by atoms with Crippen molar-refractivity contribution in [3.63, 3.8) is 0 Å². The fraction of sp³-hybridized carbons (Fsp3) is 0.625. The van der Waals surface area contributed by atoms with Crippen molar-refractivity contribution in [2.75, 3.05) is 27.3 Å². The Morgan fingerprint density at radius 1 is 0.538 bits per heavy atom. The normalized spacial score (nSPS) is 30.3. The smallest absolute Gasteiger partial charge is 0.307 e. The minimum atomic E-state index is -3.85. The molecule has 0 radical (unpaired) electrons. The average molecular weight is 1500 g/mol. The number of esters is 2. The summed E-state index contributed by atoms with van der Waals surface area (Å²) in [5.41, 5.74) is -3.99. The van der Waals surface area contributed by atoms with Crippen LogP contribution in [-0.4, -0.2) is 157 Å². The molecule has 0 bridgehead atoms. The van der Waals surface area contributed by atoms with Gasteiger partial charge in [0.1, 0.15) is 23.4 Å². The molecule has 4 saturated carbocycles. The highest BCUT2D eigenvalue weighted by Crippen LogP contribution is 2.59. The summed E-state index contributed by atoms with van der Waals surface area (Å²) >= 11 is 0. The van der Waals surface area contributed by atoms with Gasteiger partial charge in [-0.15, -0.1) is 0 Å². The number of carbonyl (C=O) groups excluding carboxylic acids is 8. The molecule has 4 aliphatic carbocycles. The summed E-state index contributed by atoms with van der Waals surface area (Å²) in [6, 6.07) is 16.7. The van der Waals surface area contributed by atoms with Crippen LogP contribution in [0.4, 0.5) is 0 Å². The highest BCUT2D eigenvalue weighted by Gasteiger charge is 2.63. The number of carbonyl (C=O) groups is 8. The van der Waals surface area contributed by atoms with Crippen molar-refractivity contribution in [1.82, 2.24) is 29.2 Å². The second-order valence-electron chi connectivity index (χ2n) is 33.4. The van der Waals surface area contributed by atoms with Crippen molar-refractivity contribution >= 4 is 88.7 Å². The molecule has 6 heterocycles. The van der Waals surface area contributed by atoms with Crippen LogP contribution in [0.15, 0.2) is 85.0 Å². The number of sulfonamides is 2. The summed E-state index contributed by atoms with van der Waals surface area (Å²) in [6.07, 6.45) is 13.2. The van der Waals surface area contributed by atoms with Crippen molar-refractivity contribution in [2.45, 2.75) is 231 Å². The van der Waals surface area contributed by atoms with E-state index in [-0.39, 0.29) is 111 Å². The Morgan fingerprint density at radius 2 is 0.906 bits per heavy atom. The summed E-state index contributed by atoms with van der Waals surface area (Å²) in [7, 11) is -4.67. The molecule has 576 valence electrons. The van der Waals surface area contributed by atoms with E-state index in [4.69, 9.17) is 28.4 Å². The number of Topliss-reactive ketones (excluding diaryl/α,β-unsaturated/α-hetero) is 2. The van der Waals surface area contributed by atoms with Crippen LogP contribution in [0.1, 0.15) is 185 Å². The highest BCUT2D eigenvalue weighted by molar-refractivity contribution is 7.91. The molecule has 2 saturated heterocycles. The molecule has 2 aromatic carbocycles. The second kappa shape index (κ2) is 31.7. The van der Waals surface area contributed by atoms with Gasteiger partial charge in [-0.3, -0.25) is 47.8 Å². The minimum Gasteiger partial charge on any atom is -0.481 e. The quantitative estimate of drug-likeness (QED) is 0.0777. The van der Waals surface area contributed by atoms with Crippen LogP contribution in [0.2, 0.25) is 0 Å². The number of fused-ring (bicyclic) bond motifs is 6. The molecule has 12 rings (SSSR count). The lowest BCUT2D eigenvalue weighted by Gasteiger charge is -2.32. The van der Waals surface area contributed by atoms with Crippen LogP contribution in [0.5, 0.6) is 23.5 Å². The molecule has 6 fully saturated rings. The van der Waals surface area contributed by atoms with E-state index < -0.39 is 112 Å². The first kappa shape index (κ1) is 79.1. The fourth-order valence-electron chi connectivity index (χ4n) is 16.1. The van der Waals surface area contributed by atoms with Crippen LogP contribution in [0.25, 0.3) is 21.5 Å². The monoisotopic (exact) mass is 1500 g/mol. The van der Waals surface area contributed by atoms with E-state index in [1.165, 1.54) is 24.0 Å². The molecule has 0 unspecified atom stereocenters. The number of nitrogens with one attached hydrogen (secondary N) is 2. The largest absolute Gasteiger partial charge is 0.481 e. The number of hydrogen-bond acceptors (Lipinski definition) is 20. The van der Waals surface area contributed by atoms with Crippen molar-refractivity contribution in [2.24, 2.45) is 58.2 Å². The molecule has 2 aromatic heterocycles. The minimum absolute atomic E-state index is 0.0497. The second-order valence-corrected chi connectivity index (χ2v) is 37.3. The van der Waals surface area contributed by atoms with Crippen LogP contribution >= 0.6 is 0 Å². The number of rotatable bonds is 16. The summed E-state index contributed by atoms with van der Waals surface area (Å²) in [4.78, 5) is 125. The number of amides is 4. The molecule has 4 aliphatic heterocycles. The molecule has 0 spiro atoms. The molecule has 8 aliphatic rings. The average Bonchev–Trinajstić information content (AvgIpc) is 1.58. The van der Waals surface area contributed by atoms with Crippen LogP contribution in [0, 0.1) is 58.2 Å². The van der Waals surface area contributed by atoms with E-state index in [0.29, 0.717) is 74.9 Å². The summed E-state index contributed by atoms with van der Waals surface area (Å²) in [5.74, 6) is -4.60. The van der Waals surface area contributed by atoms with Crippen molar-refractivity contribution in [3.8, 4) is 23.5 Å². The van der Waals surface area contributed by atoms with E-state index in [2.05, 4.69) is 33.3 Å². The third kappa shape index (κ3) is 18.9. The zero-order valence-corrected chi connectivity index (χ0v) is 64.9. The molecule has 26 heteroatoms. The van der Waals surface area contributed by atoms with Gasteiger partial charge in [0.25, 0.3) is 0 Å². The molecule has 2 N–H and O–H groups in total. The molecule has 106 heavy (non-hydrogen) atoms. The van der Waals surface area contributed by atoms with Gasteiger partial charge < -0.3 is 38.2 Å². The van der Waals surface area contributed by atoms with Crippen LogP contribution < -0.4 is 28.4 Å². The van der Waals surface area contributed by atoms with Gasteiger partial charge in [-0.1, -0.05) is 88.4 Å². The lowest BCUT2D eigenvalue weighted by atomic mass is 9.82. The molecule has 4 aromatic rings. The first-order valence-corrected chi connectivity index (χ1v) is 40.8. The number of allylic oxidation sites excluding steroid dienone is 4. The number of benzene rings is 2. The zero-order chi connectivity index (χ0) is 76.6. The van der Waals surface area contributed by atoms with Gasteiger partial charge in [-0.05, 0) is 177 Å². The van der Waals surface area contributed by atoms with Crippen molar-refractivity contribution in [1.29, 1.82) is 0 Å². The number of aromatic nitrogens is 2. The predicted molar refractivity (Wildman–Crippen MR) is 397 cm³/mol. The number of ether oxygens (including phenoxy) is 6. The molecule has 14 atom stereocenters. The fourth-order valence-corrected chi connectivity index (χ4v) is 18.9. The van der Waals surface area contributed by atoms with Gasteiger partial charge in [0.05, 0.1) is 85.4 Å². The number of hydrogen-bond donors (Lipinski definition) is 2. The molecular weight excluding hydrogens is 1400 g/mol. The van der Waals surface area contributed by atoms with Gasteiger partial charge in [0.15, 0.2) is 11.6 Å². The topological polar surface area (TPSA) is 317 Å². The Kier molecular flexibility index (Phi) is 23.6. The van der Waals surface area contributed by atoms with E-state index in [1.54, 1.807) is 53.7 Å². The maximum Gasteiger partial charge on any atom is 0.307 e. The van der Waals surface area contributed by atoms with Crippen LogP contribution in [-0.2, 0) is 67.9 Å². The maximum atomic E-state index is 14.8. The first-order valence-electron chi connectivity index (χ1n) is 37.8. The number of ketones is 2. The summed E-state index contributed by atoms with van der Waals surface area (Å²) in [6.45, 7) is 19.0. The number of methoxy groups -OCH3 is 2. The van der Waals surface area contributed by atoms with E-state index in [1.807, 2.05) is 86.7 Å². The molecule has 4 amide bonds. The molecule has 24 nitrogen and oxygen atoms in total. The van der Waals surface area contributed by atoms with Gasteiger partial charge in [0, 0.05) is 48.6 Å². The Labute approximate surface area is 623 Å². The molecular formula is C80H106N6O18S2. The van der Waals surface area contributed by atoms with E-state index in [0.717, 1.165) is 47.2 Å².